The van der Waals surface area contributed by atoms with E-state index in [1.165, 1.54) is 5.56 Å². The Morgan fingerprint density at radius 1 is 1.08 bits per heavy atom. The van der Waals surface area contributed by atoms with Gasteiger partial charge in [-0.2, -0.15) is 0 Å². The molecule has 0 aliphatic heterocycles. The molecule has 136 valence electrons. The van der Waals surface area contributed by atoms with Gasteiger partial charge in [0.2, 0.25) is 0 Å². The van der Waals surface area contributed by atoms with Crippen LogP contribution in [0.2, 0.25) is 0 Å². The van der Waals surface area contributed by atoms with E-state index in [1.807, 2.05) is 30.3 Å². The van der Waals surface area contributed by atoms with Gasteiger partial charge in [0, 0.05) is 4.47 Å². The van der Waals surface area contributed by atoms with Crippen molar-refractivity contribution in [2.75, 3.05) is 13.2 Å². The number of esters is 1. The summed E-state index contributed by atoms with van der Waals surface area (Å²) in [6.07, 6.45) is 2.96. The van der Waals surface area contributed by atoms with Gasteiger partial charge >= 0.3 is 5.97 Å². The molecule has 0 fully saturated rings. The highest BCUT2D eigenvalue weighted by Crippen LogP contribution is 2.29. The number of carbonyl (C=O) groups excluding carboxylic acids is 2. The maximum Gasteiger partial charge on any atom is 0.344 e. The summed E-state index contributed by atoms with van der Waals surface area (Å²) in [6, 6.07) is 15.2. The molecule has 1 aliphatic rings. The zero-order valence-electron chi connectivity index (χ0n) is 14.2. The number of hydrogen-bond donors (Lipinski definition) is 1. The summed E-state index contributed by atoms with van der Waals surface area (Å²) in [6.45, 7) is -0.539. The molecule has 0 aromatic heterocycles. The number of carbonyl (C=O) groups is 2. The van der Waals surface area contributed by atoms with Crippen LogP contribution < -0.4 is 10.1 Å². The fourth-order valence-corrected chi connectivity index (χ4v) is 3.26. The normalized spacial score (nSPS) is 15.7. The Kier molecular flexibility index (Phi) is 6.28. The van der Waals surface area contributed by atoms with E-state index in [0.717, 1.165) is 29.3 Å². The van der Waals surface area contributed by atoms with Gasteiger partial charge in [-0.05, 0) is 54.7 Å². The second kappa shape index (κ2) is 8.85. The molecule has 1 unspecified atom stereocenters. The molecule has 1 amide bonds. The van der Waals surface area contributed by atoms with Crippen molar-refractivity contribution in [3.63, 3.8) is 0 Å². The lowest BCUT2D eigenvalue weighted by atomic mass is 9.88. The van der Waals surface area contributed by atoms with E-state index in [0.29, 0.717) is 5.75 Å². The SMILES string of the molecule is O=C(COC(=O)COc1ccc(Br)cc1)NC1CCCc2ccccc21. The summed E-state index contributed by atoms with van der Waals surface area (Å²) < 4.78 is 11.2. The smallest absolute Gasteiger partial charge is 0.344 e. The molecular formula is C20H20BrNO4. The Labute approximate surface area is 160 Å². The highest BCUT2D eigenvalue weighted by atomic mass is 79.9. The highest BCUT2D eigenvalue weighted by Gasteiger charge is 2.21. The average Bonchev–Trinajstić information content (AvgIpc) is 2.66. The van der Waals surface area contributed by atoms with Crippen LogP contribution in [0, 0.1) is 0 Å². The van der Waals surface area contributed by atoms with E-state index in [1.54, 1.807) is 12.1 Å². The molecule has 1 aliphatic carbocycles. The molecular weight excluding hydrogens is 398 g/mol. The first-order valence-corrected chi connectivity index (χ1v) is 9.32. The number of halogens is 1. The fourth-order valence-electron chi connectivity index (χ4n) is 3.00. The maximum absolute atomic E-state index is 12.1. The third kappa shape index (κ3) is 5.08. The van der Waals surface area contributed by atoms with Crippen molar-refractivity contribution in [2.24, 2.45) is 0 Å². The van der Waals surface area contributed by atoms with Crippen molar-refractivity contribution in [3.8, 4) is 5.75 Å². The van der Waals surface area contributed by atoms with Crippen molar-refractivity contribution in [2.45, 2.75) is 25.3 Å². The topological polar surface area (TPSA) is 64.6 Å². The minimum Gasteiger partial charge on any atom is -0.482 e. The second-order valence-electron chi connectivity index (χ2n) is 6.11. The van der Waals surface area contributed by atoms with E-state index in [-0.39, 0.29) is 25.2 Å². The number of benzene rings is 2. The van der Waals surface area contributed by atoms with Gasteiger partial charge < -0.3 is 14.8 Å². The first-order valence-electron chi connectivity index (χ1n) is 8.53. The van der Waals surface area contributed by atoms with Crippen LogP contribution in [0.1, 0.15) is 30.0 Å². The van der Waals surface area contributed by atoms with Crippen molar-refractivity contribution in [3.05, 3.63) is 64.1 Å². The van der Waals surface area contributed by atoms with Crippen LogP contribution in [0.4, 0.5) is 0 Å². The van der Waals surface area contributed by atoms with Gasteiger partial charge in [-0.15, -0.1) is 0 Å². The molecule has 6 heteroatoms. The Balaban J connectivity index is 1.43. The van der Waals surface area contributed by atoms with Gasteiger partial charge in [0.15, 0.2) is 13.2 Å². The Hall–Kier alpha value is -2.34. The molecule has 5 nitrogen and oxygen atoms in total. The van der Waals surface area contributed by atoms with Gasteiger partial charge in [0.25, 0.3) is 5.91 Å². The lowest BCUT2D eigenvalue weighted by Crippen LogP contribution is -2.34. The largest absolute Gasteiger partial charge is 0.482 e. The summed E-state index contributed by atoms with van der Waals surface area (Å²) in [4.78, 5) is 23.8. The van der Waals surface area contributed by atoms with Gasteiger partial charge in [-0.1, -0.05) is 40.2 Å². The Morgan fingerprint density at radius 2 is 1.85 bits per heavy atom. The minimum atomic E-state index is -0.577. The quantitative estimate of drug-likeness (QED) is 0.729. The Bertz CT molecular complexity index is 776. The first-order chi connectivity index (χ1) is 12.6. The van der Waals surface area contributed by atoms with Crippen molar-refractivity contribution >= 4 is 27.8 Å². The molecule has 26 heavy (non-hydrogen) atoms. The first kappa shape index (κ1) is 18.5. The van der Waals surface area contributed by atoms with E-state index < -0.39 is 5.97 Å². The molecule has 0 spiro atoms. The van der Waals surface area contributed by atoms with E-state index in [2.05, 4.69) is 27.3 Å². The van der Waals surface area contributed by atoms with Crippen LogP contribution in [0.3, 0.4) is 0 Å². The molecule has 0 saturated heterocycles. The second-order valence-corrected chi connectivity index (χ2v) is 7.03. The number of nitrogens with one attached hydrogen (secondary N) is 1. The van der Waals surface area contributed by atoms with Crippen LogP contribution in [0.15, 0.2) is 53.0 Å². The third-order valence-electron chi connectivity index (χ3n) is 4.24. The molecule has 0 radical (unpaired) electrons. The van der Waals surface area contributed by atoms with Crippen LogP contribution in [-0.4, -0.2) is 25.1 Å². The number of rotatable bonds is 6. The summed E-state index contributed by atoms with van der Waals surface area (Å²) in [5.41, 5.74) is 2.42. The monoisotopic (exact) mass is 417 g/mol. The molecule has 0 bridgehead atoms. The predicted octanol–water partition coefficient (Wildman–Crippen LogP) is 3.56. The lowest BCUT2D eigenvalue weighted by Gasteiger charge is -2.26. The molecule has 0 saturated carbocycles. The predicted molar refractivity (Wildman–Crippen MR) is 101 cm³/mol. The van der Waals surface area contributed by atoms with Crippen LogP contribution in [0.25, 0.3) is 0 Å². The van der Waals surface area contributed by atoms with Gasteiger partial charge in [0.05, 0.1) is 6.04 Å². The highest BCUT2D eigenvalue weighted by molar-refractivity contribution is 9.10. The average molecular weight is 418 g/mol. The van der Waals surface area contributed by atoms with Crippen LogP contribution in [-0.2, 0) is 20.7 Å². The number of aryl methyl sites for hydroxylation is 1. The van der Waals surface area contributed by atoms with E-state index >= 15 is 0 Å². The van der Waals surface area contributed by atoms with Crippen molar-refractivity contribution < 1.29 is 19.1 Å². The minimum absolute atomic E-state index is 0.0230. The summed E-state index contributed by atoms with van der Waals surface area (Å²) in [5, 5.41) is 2.95. The number of amides is 1. The van der Waals surface area contributed by atoms with Gasteiger partial charge in [0.1, 0.15) is 5.75 Å². The van der Waals surface area contributed by atoms with Gasteiger partial charge in [-0.3, -0.25) is 4.79 Å². The zero-order valence-corrected chi connectivity index (χ0v) is 15.8. The maximum atomic E-state index is 12.1. The van der Waals surface area contributed by atoms with E-state index in [9.17, 15) is 9.59 Å². The molecule has 1 N–H and O–H groups in total. The molecule has 1 atom stereocenters. The van der Waals surface area contributed by atoms with Crippen LogP contribution in [0.5, 0.6) is 5.75 Å². The van der Waals surface area contributed by atoms with Crippen LogP contribution >= 0.6 is 15.9 Å². The number of fused-ring (bicyclic) bond motifs is 1. The number of ether oxygens (including phenoxy) is 2. The standard InChI is InChI=1S/C20H20BrNO4/c21-15-8-10-16(11-9-15)25-13-20(24)26-12-19(23)22-18-7-3-5-14-4-1-2-6-17(14)18/h1-2,4,6,8-11,18H,3,5,7,12-13H2,(H,22,23). The summed E-state index contributed by atoms with van der Waals surface area (Å²) >= 11 is 3.33. The van der Waals surface area contributed by atoms with Crippen molar-refractivity contribution in [1.29, 1.82) is 0 Å². The summed E-state index contributed by atoms with van der Waals surface area (Å²) in [5.74, 6) is -0.316. The molecule has 0 heterocycles. The molecule has 2 aromatic carbocycles. The van der Waals surface area contributed by atoms with E-state index in [4.69, 9.17) is 9.47 Å². The molecule has 3 rings (SSSR count). The summed E-state index contributed by atoms with van der Waals surface area (Å²) in [7, 11) is 0. The zero-order chi connectivity index (χ0) is 18.4. The number of hydrogen-bond acceptors (Lipinski definition) is 4. The third-order valence-corrected chi connectivity index (χ3v) is 4.77. The molecule has 2 aromatic rings. The Morgan fingerprint density at radius 3 is 2.65 bits per heavy atom. The van der Waals surface area contributed by atoms with Crippen molar-refractivity contribution in [1.82, 2.24) is 5.32 Å². The fraction of sp³-hybridized carbons (Fsp3) is 0.300. The van der Waals surface area contributed by atoms with Gasteiger partial charge in [-0.25, -0.2) is 4.79 Å². The lowest BCUT2D eigenvalue weighted by molar-refractivity contribution is -0.150.